The molecule has 0 aromatic carbocycles. The molecule has 4 saturated carbocycles. The Morgan fingerprint density at radius 1 is 0.722 bits per heavy atom. The van der Waals surface area contributed by atoms with Gasteiger partial charge < -0.3 is 74.0 Å². The summed E-state index contributed by atoms with van der Waals surface area (Å²) in [5, 5.41) is 87.2. The lowest BCUT2D eigenvalue weighted by atomic mass is 9.33. The lowest BCUT2D eigenvalue weighted by Gasteiger charge is -2.72. The van der Waals surface area contributed by atoms with Gasteiger partial charge in [-0.2, -0.15) is 0 Å². The van der Waals surface area contributed by atoms with Gasteiger partial charge in [-0.1, -0.05) is 65.3 Å². The van der Waals surface area contributed by atoms with Gasteiger partial charge in [-0.05, 0) is 107 Å². The van der Waals surface area contributed by atoms with Crippen LogP contribution in [0.5, 0.6) is 0 Å². The molecule has 72 heavy (non-hydrogen) atoms. The maximum atomic E-state index is 13.9. The van der Waals surface area contributed by atoms with E-state index >= 15 is 0 Å². The number of hydrogen-bond acceptors (Lipinski definition) is 18. The smallest absolute Gasteiger partial charge is 0.335 e. The number of aliphatic hydroxyl groups is 7. The quantitative estimate of drug-likeness (QED) is 0.0458. The Labute approximate surface area is 421 Å². The van der Waals surface area contributed by atoms with Crippen molar-refractivity contribution in [3.63, 3.8) is 0 Å². The number of carbonyl (C=O) groups is 4. The van der Waals surface area contributed by atoms with Gasteiger partial charge in [0, 0.05) is 28.9 Å². The van der Waals surface area contributed by atoms with Gasteiger partial charge in [0.25, 0.3) is 0 Å². The van der Waals surface area contributed by atoms with Gasteiger partial charge in [0.2, 0.25) is 0 Å². The molecule has 406 valence electrons. The normalized spacial score (nSPS) is 47.1. The van der Waals surface area contributed by atoms with Crippen LogP contribution < -0.4 is 0 Å². The van der Waals surface area contributed by atoms with Crippen LogP contribution >= 0.6 is 0 Å². The number of carboxylic acid groups (broad SMARTS) is 1. The topological polar surface area (TPSA) is 295 Å². The van der Waals surface area contributed by atoms with Crippen LogP contribution in [0.25, 0.3) is 0 Å². The third-order valence-corrected chi connectivity index (χ3v) is 19.5. The van der Waals surface area contributed by atoms with Crippen molar-refractivity contribution in [1.29, 1.82) is 0 Å². The Hall–Kier alpha value is -3.34. The number of carbonyl (C=O) groups excluding carboxylic acids is 3. The number of aliphatic carboxylic acids is 1. The zero-order valence-corrected chi connectivity index (χ0v) is 43.6. The van der Waals surface area contributed by atoms with Crippen molar-refractivity contribution in [2.75, 3.05) is 19.8 Å². The van der Waals surface area contributed by atoms with E-state index in [4.69, 9.17) is 33.2 Å². The highest BCUT2D eigenvalue weighted by molar-refractivity contribution is 5.89. The zero-order chi connectivity index (χ0) is 53.4. The average Bonchev–Trinajstić information content (AvgIpc) is 3.32. The molecule has 21 atom stereocenters. The lowest BCUT2D eigenvalue weighted by molar-refractivity contribution is -0.358. The number of allylic oxidation sites excluding steroid dienone is 4. The van der Waals surface area contributed by atoms with E-state index < -0.39 is 155 Å². The highest BCUT2D eigenvalue weighted by Crippen LogP contribution is 2.76. The largest absolute Gasteiger partial charge is 0.479 e. The minimum absolute atomic E-state index is 0.0272. The maximum Gasteiger partial charge on any atom is 0.335 e. The van der Waals surface area contributed by atoms with E-state index in [0.717, 1.165) is 5.57 Å². The first-order chi connectivity index (χ1) is 33.6. The van der Waals surface area contributed by atoms with E-state index in [-0.39, 0.29) is 24.9 Å². The molecule has 2 heterocycles. The molecule has 7 aliphatic rings. The molecule has 0 radical (unpaired) electrons. The predicted octanol–water partition coefficient (Wildman–Crippen LogP) is 3.01. The van der Waals surface area contributed by atoms with E-state index in [1.54, 1.807) is 39.8 Å². The molecule has 0 bridgehead atoms. The van der Waals surface area contributed by atoms with Gasteiger partial charge in [-0.3, -0.25) is 4.79 Å². The molecule has 0 amide bonds. The van der Waals surface area contributed by atoms with Crippen LogP contribution in [0.2, 0.25) is 0 Å². The maximum absolute atomic E-state index is 13.9. The van der Waals surface area contributed by atoms with Crippen molar-refractivity contribution in [3.8, 4) is 0 Å². The standard InChI is InChI=1S/C53H80O19/c1-12-25(3)44(64)71-41-42(72-45(65)26(4)13-2)53(24-55)29(20-48(41,6)7)28-14-15-32-49(8)18-17-33(50(9,23-54)31(49)16-19-51(32,10)52(28,11)21-34(53)67-27(5)56)68-47-38(61)39(37(60)40(70-47)43(62)63)69-46-36(59)35(58)30(57)22-66-46/h12-14,29-42,46-47,54-55,57-61H,15-24H2,1-11H3,(H,62,63)/b25-12?,26-13-/t29-,30-,31+,32+,33-,34+,35-,36+,37-,38+,39-,40-,41-,42-,46-,47+,49-,50-,51+,52+,53-/m0/s1. The molecule has 0 aromatic rings. The number of fused-ring (bicyclic) bond motifs is 7. The summed E-state index contributed by atoms with van der Waals surface area (Å²) in [6.45, 7) is 19.2. The molecule has 7 rings (SSSR count). The van der Waals surface area contributed by atoms with Crippen molar-refractivity contribution in [3.05, 3.63) is 34.9 Å². The fourth-order valence-electron chi connectivity index (χ4n) is 15.0. The molecule has 0 unspecified atom stereocenters. The van der Waals surface area contributed by atoms with Crippen LogP contribution in [0.4, 0.5) is 0 Å². The Morgan fingerprint density at radius 3 is 1.92 bits per heavy atom. The van der Waals surface area contributed by atoms with Gasteiger partial charge in [-0.25, -0.2) is 14.4 Å². The monoisotopic (exact) mass is 1020 g/mol. The summed E-state index contributed by atoms with van der Waals surface area (Å²) in [5.41, 5.74) is -3.15. The second kappa shape index (κ2) is 20.3. The molecule has 2 aliphatic heterocycles. The van der Waals surface area contributed by atoms with E-state index in [9.17, 15) is 60.0 Å². The number of ether oxygens (including phenoxy) is 7. The molecular weight excluding hydrogens is 941 g/mol. The third kappa shape index (κ3) is 8.90. The second-order valence-corrected chi connectivity index (χ2v) is 23.6. The third-order valence-electron chi connectivity index (χ3n) is 19.5. The summed E-state index contributed by atoms with van der Waals surface area (Å²) in [6.07, 6.45) is -11.0. The van der Waals surface area contributed by atoms with Crippen molar-refractivity contribution in [1.82, 2.24) is 0 Å². The van der Waals surface area contributed by atoms with Crippen LogP contribution in [0.15, 0.2) is 34.9 Å². The summed E-state index contributed by atoms with van der Waals surface area (Å²) >= 11 is 0. The fraction of sp³-hybridized carbons (Fsp3) is 0.811. The van der Waals surface area contributed by atoms with Crippen LogP contribution in [-0.2, 0) is 52.3 Å². The van der Waals surface area contributed by atoms with Crippen molar-refractivity contribution in [2.45, 2.75) is 201 Å². The number of rotatable bonds is 12. The highest BCUT2D eigenvalue weighted by atomic mass is 16.7. The van der Waals surface area contributed by atoms with Gasteiger partial charge in [-0.15, -0.1) is 0 Å². The summed E-state index contributed by atoms with van der Waals surface area (Å²) in [7, 11) is 0. The summed E-state index contributed by atoms with van der Waals surface area (Å²) in [4.78, 5) is 53.4. The molecule has 0 aromatic heterocycles. The first-order valence-electron chi connectivity index (χ1n) is 25.6. The predicted molar refractivity (Wildman–Crippen MR) is 254 cm³/mol. The van der Waals surface area contributed by atoms with Gasteiger partial charge >= 0.3 is 23.9 Å². The van der Waals surface area contributed by atoms with E-state index in [0.29, 0.717) is 49.7 Å². The molecule has 6 fully saturated rings. The van der Waals surface area contributed by atoms with Crippen LogP contribution in [-0.4, -0.2) is 164 Å². The van der Waals surface area contributed by atoms with Crippen molar-refractivity contribution < 1.29 is 93.2 Å². The van der Waals surface area contributed by atoms with Crippen LogP contribution in [0.3, 0.4) is 0 Å². The Bertz CT molecular complexity index is 2170. The zero-order valence-electron chi connectivity index (χ0n) is 43.6. The van der Waals surface area contributed by atoms with Crippen molar-refractivity contribution in [2.24, 2.45) is 50.2 Å². The first-order valence-corrected chi connectivity index (χ1v) is 25.6. The summed E-state index contributed by atoms with van der Waals surface area (Å²) in [6, 6.07) is 0. The molecular formula is C53H80O19. The molecule has 2 saturated heterocycles. The number of hydrogen-bond donors (Lipinski definition) is 8. The summed E-state index contributed by atoms with van der Waals surface area (Å²) in [5.74, 6) is -4.16. The highest BCUT2D eigenvalue weighted by Gasteiger charge is 2.75. The molecule has 8 N–H and O–H groups in total. The Kier molecular flexibility index (Phi) is 15.9. The lowest BCUT2D eigenvalue weighted by Crippen LogP contribution is -2.73. The molecule has 19 heteroatoms. The SMILES string of the molecule is CC=C(C)C(=O)O[C@H]1[C@H](OC(=O)/C(C)=C\C)[C@]2(CO)[C@H](OC(C)=O)C[C@]3(C)C(=CC[C@@H]4[C@@]5(C)CC[C@H](O[C@@H]6O[C@H](C(=O)O)[C@@H](O)[C@H](O[C@@H]7OC[C@H](O)[C@H](O)[C@H]7O)[C@H]6O)[C@@](C)(CO)[C@@H]5CC[C@]43C)[C@@H]2CC1(C)C. The first kappa shape index (κ1) is 56.4. The van der Waals surface area contributed by atoms with Crippen LogP contribution in [0, 0.1) is 50.2 Å². The minimum atomic E-state index is -1.98. The fourth-order valence-corrected chi connectivity index (χ4v) is 15.0. The van der Waals surface area contributed by atoms with E-state index in [1.165, 1.54) is 6.92 Å². The number of esters is 3. The Morgan fingerprint density at radius 2 is 1.35 bits per heavy atom. The van der Waals surface area contributed by atoms with Gasteiger partial charge in [0.05, 0.1) is 31.3 Å². The van der Waals surface area contributed by atoms with Gasteiger partial charge in [0.15, 0.2) is 24.8 Å². The second-order valence-electron chi connectivity index (χ2n) is 23.6. The van der Waals surface area contributed by atoms with E-state index in [2.05, 4.69) is 26.8 Å². The average molecular weight is 1020 g/mol. The Balaban J connectivity index is 1.24. The van der Waals surface area contributed by atoms with Crippen molar-refractivity contribution >= 4 is 23.9 Å². The van der Waals surface area contributed by atoms with E-state index in [1.807, 2.05) is 20.8 Å². The van der Waals surface area contributed by atoms with Gasteiger partial charge in [0.1, 0.15) is 48.8 Å². The van der Waals surface area contributed by atoms with Crippen LogP contribution in [0.1, 0.15) is 121 Å². The molecule has 5 aliphatic carbocycles. The molecule has 19 nitrogen and oxygen atoms in total. The number of carboxylic acids is 1. The number of aliphatic hydroxyl groups excluding tert-OH is 7. The summed E-state index contributed by atoms with van der Waals surface area (Å²) < 4.78 is 42.5. The minimum Gasteiger partial charge on any atom is -0.479 e. The molecule has 0 spiro atoms.